The fourth-order valence-electron chi connectivity index (χ4n) is 3.14. The highest BCUT2D eigenvalue weighted by Crippen LogP contribution is 2.42. The van der Waals surface area contributed by atoms with Crippen LogP contribution in [-0.4, -0.2) is 16.1 Å². The van der Waals surface area contributed by atoms with Crippen molar-refractivity contribution in [3.63, 3.8) is 0 Å². The van der Waals surface area contributed by atoms with Crippen LogP contribution in [0.4, 0.5) is 4.39 Å². The Morgan fingerprint density at radius 2 is 1.93 bits per heavy atom. The molecule has 1 atom stereocenters. The molecule has 0 bridgehead atoms. The Balaban J connectivity index is 1.79. The smallest absolute Gasteiger partial charge is 0.240 e. The topological polar surface area (TPSA) is 63.4 Å². The molecule has 142 valence electrons. The van der Waals surface area contributed by atoms with Crippen molar-refractivity contribution in [1.29, 1.82) is 0 Å². The Morgan fingerprint density at radius 3 is 2.63 bits per heavy atom. The number of fused-ring (bicyclic) bond motifs is 1. The molecule has 2 aromatic rings. The zero-order chi connectivity index (χ0) is 19.4. The second kappa shape index (κ2) is 8.76. The number of unbranched alkanes of at least 4 members (excludes halogenated alkanes) is 1. The first-order valence-corrected chi connectivity index (χ1v) is 9.90. The molecule has 2 aromatic carbocycles. The Labute approximate surface area is 167 Å². The summed E-state index contributed by atoms with van der Waals surface area (Å²) in [7, 11) is 0. The number of nitrogens with zero attached hydrogens (tertiary/aromatic N) is 1. The molecule has 0 aliphatic carbocycles. The molecule has 0 saturated carbocycles. The van der Waals surface area contributed by atoms with Gasteiger partial charge in [0.2, 0.25) is 11.8 Å². The van der Waals surface area contributed by atoms with Gasteiger partial charge >= 0.3 is 0 Å². The van der Waals surface area contributed by atoms with E-state index in [1.54, 1.807) is 16.4 Å². The third-order valence-corrected chi connectivity index (χ3v) is 5.84. The van der Waals surface area contributed by atoms with E-state index in [4.69, 9.17) is 17.3 Å². The largest absolute Gasteiger partial charge is 0.370 e. The second-order valence-corrected chi connectivity index (χ2v) is 8.04. The van der Waals surface area contributed by atoms with E-state index < -0.39 is 0 Å². The predicted molar refractivity (Wildman–Crippen MR) is 105 cm³/mol. The molecule has 2 N–H and O–H groups in total. The first-order chi connectivity index (χ1) is 12.9. The molecule has 0 spiro atoms. The van der Waals surface area contributed by atoms with E-state index in [2.05, 4.69) is 0 Å². The summed E-state index contributed by atoms with van der Waals surface area (Å²) >= 11 is 7.52. The third-order valence-electron chi connectivity index (χ3n) is 4.51. The minimum Gasteiger partial charge on any atom is -0.370 e. The van der Waals surface area contributed by atoms with Gasteiger partial charge in [-0.2, -0.15) is 0 Å². The monoisotopic (exact) mass is 406 g/mol. The first-order valence-electron chi connectivity index (χ1n) is 8.75. The Kier molecular flexibility index (Phi) is 6.39. The molecule has 1 heterocycles. The molecule has 4 nitrogen and oxygen atoms in total. The number of nitrogens with two attached hydrogens (primary N) is 1. The van der Waals surface area contributed by atoms with E-state index in [9.17, 15) is 14.0 Å². The molecule has 1 aliphatic heterocycles. The van der Waals surface area contributed by atoms with Crippen LogP contribution in [0.15, 0.2) is 47.4 Å². The molecule has 0 aromatic heterocycles. The number of amides is 2. The minimum atomic E-state index is -0.332. The summed E-state index contributed by atoms with van der Waals surface area (Å²) in [5.74, 6) is -0.947. The highest BCUT2D eigenvalue weighted by atomic mass is 35.5. The van der Waals surface area contributed by atoms with Crippen molar-refractivity contribution in [3.05, 3.63) is 64.4 Å². The lowest BCUT2D eigenvalue weighted by atomic mass is 9.91. The number of benzene rings is 2. The van der Waals surface area contributed by atoms with Gasteiger partial charge in [-0.15, -0.1) is 0 Å². The van der Waals surface area contributed by atoms with Crippen LogP contribution in [0.5, 0.6) is 0 Å². The van der Waals surface area contributed by atoms with Crippen molar-refractivity contribution < 1.29 is 14.0 Å². The van der Waals surface area contributed by atoms with E-state index in [-0.39, 0.29) is 23.5 Å². The molecule has 7 heteroatoms. The van der Waals surface area contributed by atoms with Gasteiger partial charge < -0.3 is 5.73 Å². The SMILES string of the molecule is NC(=O)CCCCC1C(=O)N(Cc2ccc(F)cc2)Sc2ccc(Cl)cc21. The fraction of sp³-hybridized carbons (Fsp3) is 0.300. The van der Waals surface area contributed by atoms with Gasteiger partial charge in [-0.25, -0.2) is 4.39 Å². The van der Waals surface area contributed by atoms with E-state index in [1.165, 1.54) is 24.1 Å². The summed E-state index contributed by atoms with van der Waals surface area (Å²) < 4.78 is 14.8. The van der Waals surface area contributed by atoms with Gasteiger partial charge in [0, 0.05) is 16.3 Å². The maximum absolute atomic E-state index is 13.1. The van der Waals surface area contributed by atoms with E-state index in [1.807, 2.05) is 18.2 Å². The highest BCUT2D eigenvalue weighted by molar-refractivity contribution is 7.97. The van der Waals surface area contributed by atoms with Crippen LogP contribution in [0.25, 0.3) is 0 Å². The molecule has 0 radical (unpaired) electrons. The molecule has 1 unspecified atom stereocenters. The molecule has 1 aliphatic rings. The van der Waals surface area contributed by atoms with Crippen LogP contribution in [0.2, 0.25) is 5.02 Å². The van der Waals surface area contributed by atoms with Crippen molar-refractivity contribution >= 4 is 35.4 Å². The number of primary amides is 1. The molecule has 0 saturated heterocycles. The van der Waals surface area contributed by atoms with Crippen molar-refractivity contribution in [2.45, 2.75) is 43.0 Å². The fourth-order valence-corrected chi connectivity index (χ4v) is 4.42. The van der Waals surface area contributed by atoms with Crippen LogP contribution < -0.4 is 5.73 Å². The first kappa shape index (κ1) is 19.7. The second-order valence-electron chi connectivity index (χ2n) is 6.54. The maximum Gasteiger partial charge on any atom is 0.240 e. The number of carbonyl (C=O) groups is 2. The summed E-state index contributed by atoms with van der Waals surface area (Å²) in [6.07, 6.45) is 2.32. The lowest BCUT2D eigenvalue weighted by Crippen LogP contribution is -2.33. The van der Waals surface area contributed by atoms with E-state index >= 15 is 0 Å². The number of rotatable bonds is 7. The van der Waals surface area contributed by atoms with Crippen LogP contribution in [0, 0.1) is 5.82 Å². The van der Waals surface area contributed by atoms with Gasteiger partial charge in [0.25, 0.3) is 0 Å². The van der Waals surface area contributed by atoms with Crippen molar-refractivity contribution in [3.8, 4) is 0 Å². The van der Waals surface area contributed by atoms with Crippen molar-refractivity contribution in [1.82, 2.24) is 4.31 Å². The molecule has 27 heavy (non-hydrogen) atoms. The van der Waals surface area contributed by atoms with Gasteiger partial charge in [-0.05, 0) is 66.2 Å². The standard InChI is InChI=1S/C20H20ClFN2O2S/c21-14-7-10-18-17(11-14)16(3-1-2-4-19(23)25)20(26)24(27-18)12-13-5-8-15(22)9-6-13/h5-11,16H,1-4,12H2,(H2,23,25). The zero-order valence-electron chi connectivity index (χ0n) is 14.7. The maximum atomic E-state index is 13.1. The quantitative estimate of drug-likeness (QED) is 0.537. The Bertz CT molecular complexity index is 844. The number of hydrogen-bond donors (Lipinski definition) is 1. The van der Waals surface area contributed by atoms with Crippen molar-refractivity contribution in [2.24, 2.45) is 5.73 Å². The third kappa shape index (κ3) is 5.02. The predicted octanol–water partition coefficient (Wildman–Crippen LogP) is 4.66. The molecular weight excluding hydrogens is 387 g/mol. The summed E-state index contributed by atoms with van der Waals surface area (Å²) in [4.78, 5) is 25.0. The number of hydrogen-bond acceptors (Lipinski definition) is 3. The van der Waals surface area contributed by atoms with E-state index in [0.717, 1.165) is 22.4 Å². The normalized spacial score (nSPS) is 16.3. The van der Waals surface area contributed by atoms with Crippen LogP contribution in [0.3, 0.4) is 0 Å². The molecule has 3 rings (SSSR count). The van der Waals surface area contributed by atoms with Gasteiger partial charge in [0.1, 0.15) is 5.82 Å². The van der Waals surface area contributed by atoms with Crippen molar-refractivity contribution in [2.75, 3.05) is 0 Å². The zero-order valence-corrected chi connectivity index (χ0v) is 16.2. The van der Waals surface area contributed by atoms with Crippen LogP contribution in [-0.2, 0) is 16.1 Å². The van der Waals surface area contributed by atoms with Gasteiger partial charge in [-0.3, -0.25) is 13.9 Å². The summed E-state index contributed by atoms with van der Waals surface area (Å²) in [5, 5.41) is 0.594. The molecule has 2 amide bonds. The van der Waals surface area contributed by atoms with Gasteiger partial charge in [-0.1, -0.05) is 30.2 Å². The Morgan fingerprint density at radius 1 is 1.19 bits per heavy atom. The van der Waals surface area contributed by atoms with E-state index in [0.29, 0.717) is 30.8 Å². The average Bonchev–Trinajstić information content (AvgIpc) is 2.63. The average molecular weight is 407 g/mol. The van der Waals surface area contributed by atoms with Gasteiger partial charge in [0.15, 0.2) is 0 Å². The van der Waals surface area contributed by atoms with Crippen LogP contribution >= 0.6 is 23.5 Å². The minimum absolute atomic E-state index is 0.00170. The number of halogens is 2. The summed E-state index contributed by atoms with van der Waals surface area (Å²) in [6, 6.07) is 11.7. The van der Waals surface area contributed by atoms with Gasteiger partial charge in [0.05, 0.1) is 12.5 Å². The Hall–Kier alpha value is -2.05. The molecular formula is C20H20ClFN2O2S. The highest BCUT2D eigenvalue weighted by Gasteiger charge is 2.33. The lowest BCUT2D eigenvalue weighted by Gasteiger charge is -2.33. The lowest BCUT2D eigenvalue weighted by molar-refractivity contribution is -0.128. The summed E-state index contributed by atoms with van der Waals surface area (Å²) in [6.45, 7) is 0.392. The molecule has 0 fully saturated rings. The summed E-state index contributed by atoms with van der Waals surface area (Å²) in [5.41, 5.74) is 6.98. The van der Waals surface area contributed by atoms with Crippen LogP contribution in [0.1, 0.15) is 42.7 Å². The number of carbonyl (C=O) groups excluding carboxylic acids is 2.